The van der Waals surface area contributed by atoms with Crippen LogP contribution in [0.15, 0.2) is 12.1 Å². The van der Waals surface area contributed by atoms with Gasteiger partial charge in [-0.25, -0.2) is 0 Å². The molecule has 7 heteroatoms. The summed E-state index contributed by atoms with van der Waals surface area (Å²) in [5, 5.41) is 3.87. The van der Waals surface area contributed by atoms with Gasteiger partial charge in [-0.1, -0.05) is 32.4 Å². The third-order valence-electron chi connectivity index (χ3n) is 4.45. The van der Waals surface area contributed by atoms with E-state index in [0.29, 0.717) is 29.0 Å². The molecule has 1 aromatic rings. The molecule has 0 aliphatic carbocycles. The number of halogens is 1. The number of carbonyl (C=O) groups is 1. The number of ether oxygens (including phenoxy) is 3. The summed E-state index contributed by atoms with van der Waals surface area (Å²) in [4.78, 5) is 10.9. The van der Waals surface area contributed by atoms with E-state index in [1.807, 2.05) is 6.07 Å². The van der Waals surface area contributed by atoms with Crippen LogP contribution in [0.25, 0.3) is 0 Å². The fourth-order valence-corrected chi connectivity index (χ4v) is 3.65. The van der Waals surface area contributed by atoms with E-state index in [2.05, 4.69) is 26.1 Å². The zero-order valence-electron chi connectivity index (χ0n) is 15.9. The van der Waals surface area contributed by atoms with Gasteiger partial charge in [0.05, 0.1) is 18.2 Å². The van der Waals surface area contributed by atoms with E-state index < -0.39 is 5.91 Å². The number of methoxy groups -OCH3 is 1. The van der Waals surface area contributed by atoms with Crippen LogP contribution in [-0.4, -0.2) is 38.9 Å². The van der Waals surface area contributed by atoms with Crippen LogP contribution in [-0.2, 0) is 16.1 Å². The van der Waals surface area contributed by atoms with Gasteiger partial charge >= 0.3 is 0 Å². The Hall–Kier alpha value is -1.50. The maximum atomic E-state index is 10.9. The van der Waals surface area contributed by atoms with Crippen LogP contribution in [0.5, 0.6) is 11.5 Å². The minimum Gasteiger partial charge on any atom is -0.493 e. The minimum absolute atomic E-state index is 0.134. The fourth-order valence-electron chi connectivity index (χ4n) is 3.36. The van der Waals surface area contributed by atoms with Gasteiger partial charge < -0.3 is 25.3 Å². The number of benzene rings is 1. The summed E-state index contributed by atoms with van der Waals surface area (Å²) >= 11 is 6.28. The lowest BCUT2D eigenvalue weighted by atomic mass is 9.81. The first-order chi connectivity index (χ1) is 12.2. The smallest absolute Gasteiger partial charge is 0.255 e. The highest BCUT2D eigenvalue weighted by atomic mass is 35.5. The molecule has 0 bridgehead atoms. The van der Waals surface area contributed by atoms with Crippen LogP contribution < -0.4 is 20.5 Å². The molecule has 2 rings (SSSR count). The minimum atomic E-state index is -0.568. The van der Waals surface area contributed by atoms with E-state index >= 15 is 0 Å². The van der Waals surface area contributed by atoms with E-state index in [1.54, 1.807) is 6.07 Å². The zero-order chi connectivity index (χ0) is 19.3. The average molecular weight is 385 g/mol. The molecule has 1 saturated heterocycles. The highest BCUT2D eigenvalue weighted by Gasteiger charge is 2.36. The first-order valence-corrected chi connectivity index (χ1v) is 9.20. The zero-order valence-corrected chi connectivity index (χ0v) is 16.7. The second-order valence-electron chi connectivity index (χ2n) is 7.70. The molecular weight excluding hydrogens is 356 g/mol. The van der Waals surface area contributed by atoms with Crippen molar-refractivity contribution in [2.24, 2.45) is 17.1 Å². The standard InChI is InChI=1S/C19H29ClN2O4/c1-19(2,3)18-13(5-6-25-18)10-22-9-12-7-14(20)17(15(8-12)24-4)26-11-16(21)23/h7-8,13,18,22H,5-6,9-11H2,1-4H3,(H2,21,23)/t13-,18+/m1/s1. The molecule has 0 radical (unpaired) electrons. The van der Waals surface area contributed by atoms with Crippen molar-refractivity contribution in [3.05, 3.63) is 22.7 Å². The van der Waals surface area contributed by atoms with Gasteiger partial charge in [-0.2, -0.15) is 0 Å². The van der Waals surface area contributed by atoms with Crippen molar-refractivity contribution < 1.29 is 19.0 Å². The van der Waals surface area contributed by atoms with Crippen LogP contribution in [0, 0.1) is 11.3 Å². The topological polar surface area (TPSA) is 82.8 Å². The Kier molecular flexibility index (Phi) is 7.15. The van der Waals surface area contributed by atoms with Crippen LogP contribution >= 0.6 is 11.6 Å². The van der Waals surface area contributed by atoms with E-state index in [0.717, 1.165) is 25.1 Å². The first-order valence-electron chi connectivity index (χ1n) is 8.82. The molecule has 1 fully saturated rings. The molecule has 0 spiro atoms. The molecule has 146 valence electrons. The Balaban J connectivity index is 1.97. The molecule has 0 saturated carbocycles. The molecule has 0 aromatic heterocycles. The summed E-state index contributed by atoms with van der Waals surface area (Å²) < 4.78 is 16.6. The van der Waals surface area contributed by atoms with E-state index in [9.17, 15) is 4.79 Å². The van der Waals surface area contributed by atoms with Gasteiger partial charge in [-0.3, -0.25) is 4.79 Å². The summed E-state index contributed by atoms with van der Waals surface area (Å²) in [6, 6.07) is 3.65. The number of nitrogens with one attached hydrogen (secondary N) is 1. The van der Waals surface area contributed by atoms with E-state index in [-0.39, 0.29) is 18.1 Å². The molecular formula is C19H29ClN2O4. The Labute approximate surface area is 160 Å². The molecule has 1 heterocycles. The number of rotatable bonds is 8. The highest BCUT2D eigenvalue weighted by molar-refractivity contribution is 6.32. The monoisotopic (exact) mass is 384 g/mol. The second-order valence-corrected chi connectivity index (χ2v) is 8.11. The van der Waals surface area contributed by atoms with Crippen molar-refractivity contribution in [1.29, 1.82) is 0 Å². The Bertz CT molecular complexity index is 631. The number of hydrogen-bond acceptors (Lipinski definition) is 5. The second kappa shape index (κ2) is 8.93. The summed E-state index contributed by atoms with van der Waals surface area (Å²) in [6.07, 6.45) is 1.33. The van der Waals surface area contributed by atoms with Crippen molar-refractivity contribution >= 4 is 17.5 Å². The van der Waals surface area contributed by atoms with Crippen LogP contribution in [0.2, 0.25) is 5.02 Å². The van der Waals surface area contributed by atoms with Gasteiger partial charge in [0.15, 0.2) is 18.1 Å². The molecule has 1 aliphatic heterocycles. The summed E-state index contributed by atoms with van der Waals surface area (Å²) in [5.41, 5.74) is 6.22. The third kappa shape index (κ3) is 5.50. The predicted octanol–water partition coefficient (Wildman–Crippen LogP) is 2.75. The molecule has 6 nitrogen and oxygen atoms in total. The van der Waals surface area contributed by atoms with Crippen molar-refractivity contribution in [3.63, 3.8) is 0 Å². The number of hydrogen-bond donors (Lipinski definition) is 2. The molecule has 0 unspecified atom stereocenters. The maximum Gasteiger partial charge on any atom is 0.255 e. The van der Waals surface area contributed by atoms with Gasteiger partial charge in [0.25, 0.3) is 5.91 Å². The normalized spacial score (nSPS) is 20.2. The molecule has 1 amide bonds. The maximum absolute atomic E-state index is 10.9. The molecule has 2 atom stereocenters. The third-order valence-corrected chi connectivity index (χ3v) is 4.73. The molecule has 26 heavy (non-hydrogen) atoms. The highest BCUT2D eigenvalue weighted by Crippen LogP contribution is 2.37. The van der Waals surface area contributed by atoms with E-state index in [4.69, 9.17) is 31.5 Å². The molecule has 3 N–H and O–H groups in total. The Morgan fingerprint density at radius 2 is 2.15 bits per heavy atom. The summed E-state index contributed by atoms with van der Waals surface area (Å²) in [6.45, 7) is 8.74. The quantitative estimate of drug-likeness (QED) is 0.720. The largest absolute Gasteiger partial charge is 0.493 e. The van der Waals surface area contributed by atoms with Gasteiger partial charge in [-0.05, 0) is 29.5 Å². The number of amides is 1. The van der Waals surface area contributed by atoms with Gasteiger partial charge in [0, 0.05) is 25.6 Å². The summed E-state index contributed by atoms with van der Waals surface area (Å²) in [5.74, 6) is 0.729. The summed E-state index contributed by atoms with van der Waals surface area (Å²) in [7, 11) is 1.53. The van der Waals surface area contributed by atoms with Crippen LogP contribution in [0.4, 0.5) is 0 Å². The van der Waals surface area contributed by atoms with Crippen molar-refractivity contribution in [2.75, 3.05) is 26.9 Å². The average Bonchev–Trinajstić information content (AvgIpc) is 3.02. The Morgan fingerprint density at radius 3 is 2.77 bits per heavy atom. The van der Waals surface area contributed by atoms with Crippen molar-refractivity contribution in [1.82, 2.24) is 5.32 Å². The lowest BCUT2D eigenvalue weighted by Gasteiger charge is -2.31. The predicted molar refractivity (Wildman–Crippen MR) is 102 cm³/mol. The Morgan fingerprint density at radius 1 is 1.42 bits per heavy atom. The first kappa shape index (κ1) is 20.8. The SMILES string of the molecule is COc1cc(CNC[C@H]2CCO[C@@H]2C(C)(C)C)cc(Cl)c1OCC(N)=O. The van der Waals surface area contributed by atoms with Crippen LogP contribution in [0.1, 0.15) is 32.8 Å². The lowest BCUT2D eigenvalue weighted by Crippen LogP contribution is -2.36. The van der Waals surface area contributed by atoms with Crippen molar-refractivity contribution in [3.8, 4) is 11.5 Å². The van der Waals surface area contributed by atoms with Crippen molar-refractivity contribution in [2.45, 2.75) is 39.8 Å². The molecule has 1 aliphatic rings. The van der Waals surface area contributed by atoms with Crippen LogP contribution in [0.3, 0.4) is 0 Å². The van der Waals surface area contributed by atoms with E-state index in [1.165, 1.54) is 7.11 Å². The van der Waals surface area contributed by atoms with Gasteiger partial charge in [0.2, 0.25) is 0 Å². The van der Waals surface area contributed by atoms with Gasteiger partial charge in [0.1, 0.15) is 0 Å². The fraction of sp³-hybridized carbons (Fsp3) is 0.632. The lowest BCUT2D eigenvalue weighted by molar-refractivity contribution is -0.119. The molecule has 1 aromatic carbocycles. The number of primary amides is 1. The van der Waals surface area contributed by atoms with Gasteiger partial charge in [-0.15, -0.1) is 0 Å². The number of carbonyl (C=O) groups excluding carboxylic acids is 1. The number of nitrogens with two attached hydrogens (primary N) is 1.